The number of nitrogens with one attached hydrogen (secondary N) is 1. The van der Waals surface area contributed by atoms with Gasteiger partial charge in [0.05, 0.1) is 44.4 Å². The molecular formula is C21H24FN4O2+. The summed E-state index contributed by atoms with van der Waals surface area (Å²) in [5.41, 5.74) is 1.42. The molecule has 28 heavy (non-hydrogen) atoms. The Morgan fingerprint density at radius 2 is 1.86 bits per heavy atom. The fourth-order valence-electron chi connectivity index (χ4n) is 3.46. The third-order valence-electron chi connectivity index (χ3n) is 4.98. The summed E-state index contributed by atoms with van der Waals surface area (Å²) in [4.78, 5) is 17.7. The number of anilines is 2. The number of phenols is 1. The number of nitrogens with zero attached hydrogens (tertiary/aromatic N) is 3. The highest BCUT2D eigenvalue weighted by Gasteiger charge is 2.26. The summed E-state index contributed by atoms with van der Waals surface area (Å²) in [6, 6.07) is 15.1. The summed E-state index contributed by atoms with van der Waals surface area (Å²) in [7, 11) is 0. The number of aromatic hydroxyl groups is 1. The summed E-state index contributed by atoms with van der Waals surface area (Å²) in [5.74, 6) is -0.170. The first kappa shape index (κ1) is 19.6. The molecule has 7 heteroatoms. The molecule has 1 saturated heterocycles. The molecule has 1 aliphatic heterocycles. The minimum absolute atomic E-state index is 0.0760. The number of carbonyl (C=O) groups is 1. The second-order valence-corrected chi connectivity index (χ2v) is 6.83. The lowest BCUT2D eigenvalue weighted by atomic mass is 10.2. The van der Waals surface area contributed by atoms with Gasteiger partial charge < -0.3 is 19.8 Å². The maximum atomic E-state index is 13.2. The van der Waals surface area contributed by atoms with E-state index in [2.05, 4.69) is 11.0 Å². The molecule has 2 N–H and O–H groups in total. The molecular weight excluding hydrogens is 359 g/mol. The van der Waals surface area contributed by atoms with E-state index in [1.54, 1.807) is 29.2 Å². The Morgan fingerprint density at radius 3 is 2.50 bits per heavy atom. The number of piperazine rings is 1. The maximum absolute atomic E-state index is 13.2. The second kappa shape index (κ2) is 9.20. The molecule has 1 amide bonds. The zero-order valence-corrected chi connectivity index (χ0v) is 15.6. The number of hydrogen-bond donors (Lipinski definition) is 2. The molecule has 2 aromatic rings. The van der Waals surface area contributed by atoms with Crippen molar-refractivity contribution in [2.75, 3.05) is 49.1 Å². The molecule has 1 aliphatic rings. The van der Waals surface area contributed by atoms with Gasteiger partial charge in [-0.05, 0) is 36.4 Å². The molecule has 146 valence electrons. The van der Waals surface area contributed by atoms with E-state index in [9.17, 15) is 14.3 Å². The molecule has 6 nitrogen and oxygen atoms in total. The largest absolute Gasteiger partial charge is 0.506 e. The third-order valence-corrected chi connectivity index (χ3v) is 4.98. The first-order valence-corrected chi connectivity index (χ1v) is 9.38. The van der Waals surface area contributed by atoms with E-state index in [4.69, 9.17) is 5.26 Å². The van der Waals surface area contributed by atoms with E-state index >= 15 is 0 Å². The Kier molecular flexibility index (Phi) is 6.45. The first-order valence-electron chi connectivity index (χ1n) is 9.38. The minimum atomic E-state index is -0.359. The smallest absolute Gasteiger partial charge is 0.282 e. The molecule has 0 bridgehead atoms. The molecule has 0 aromatic heterocycles. The fourth-order valence-corrected chi connectivity index (χ4v) is 3.46. The van der Waals surface area contributed by atoms with E-state index < -0.39 is 0 Å². The van der Waals surface area contributed by atoms with E-state index in [1.807, 2.05) is 12.1 Å². The van der Waals surface area contributed by atoms with Crippen molar-refractivity contribution in [3.05, 3.63) is 54.3 Å². The molecule has 2 aromatic carbocycles. The molecule has 1 fully saturated rings. The molecule has 0 atom stereocenters. The lowest BCUT2D eigenvalue weighted by molar-refractivity contribution is -0.892. The average molecular weight is 383 g/mol. The van der Waals surface area contributed by atoms with Gasteiger partial charge in [-0.2, -0.15) is 5.26 Å². The van der Waals surface area contributed by atoms with Crippen LogP contribution in [0.5, 0.6) is 5.75 Å². The van der Waals surface area contributed by atoms with E-state index in [0.29, 0.717) is 12.2 Å². The monoisotopic (exact) mass is 383 g/mol. The second-order valence-electron chi connectivity index (χ2n) is 6.83. The maximum Gasteiger partial charge on any atom is 0.282 e. The topological polar surface area (TPSA) is 72.0 Å². The van der Waals surface area contributed by atoms with Gasteiger partial charge in [-0.1, -0.05) is 12.1 Å². The fraction of sp³-hybridized carbons (Fsp3) is 0.333. The van der Waals surface area contributed by atoms with Gasteiger partial charge in [0.25, 0.3) is 5.91 Å². The number of carbonyl (C=O) groups excluding carboxylic acids is 1. The molecule has 3 rings (SSSR count). The number of amides is 1. The SMILES string of the molecule is N#CCCN(C(=O)C[NH+]1CCN(c2ccccc2O)CC1)c1ccc(F)cc1. The number of para-hydroxylation sites is 2. The van der Waals surface area contributed by atoms with Crippen LogP contribution in [-0.4, -0.2) is 50.3 Å². The number of benzene rings is 2. The van der Waals surface area contributed by atoms with Crippen molar-refractivity contribution in [1.29, 1.82) is 5.26 Å². The van der Waals surface area contributed by atoms with Crippen molar-refractivity contribution in [2.24, 2.45) is 0 Å². The van der Waals surface area contributed by atoms with Crippen molar-refractivity contribution in [2.45, 2.75) is 6.42 Å². The summed E-state index contributed by atoms with van der Waals surface area (Å²) < 4.78 is 13.2. The van der Waals surface area contributed by atoms with Gasteiger partial charge in [0.2, 0.25) is 0 Å². The number of quaternary nitrogens is 1. The van der Waals surface area contributed by atoms with Crippen molar-refractivity contribution in [3.63, 3.8) is 0 Å². The Labute approximate surface area is 164 Å². The predicted octanol–water partition coefficient (Wildman–Crippen LogP) is 1.18. The number of halogens is 1. The van der Waals surface area contributed by atoms with Crippen molar-refractivity contribution >= 4 is 17.3 Å². The highest BCUT2D eigenvalue weighted by molar-refractivity contribution is 5.94. The summed E-state index contributed by atoms with van der Waals surface area (Å²) in [6.07, 6.45) is 0.222. The van der Waals surface area contributed by atoms with Crippen LogP contribution in [0.4, 0.5) is 15.8 Å². The molecule has 0 spiro atoms. The highest BCUT2D eigenvalue weighted by Crippen LogP contribution is 2.26. The standard InChI is InChI=1S/C21H23FN4O2/c22-17-6-8-18(9-7-17)26(11-3-10-23)21(28)16-24-12-14-25(15-13-24)19-4-1-2-5-20(19)27/h1-2,4-9,27H,3,11-16H2/p+1. The number of rotatable bonds is 6. The number of phenolic OH excluding ortho intramolecular Hbond substituents is 1. The van der Waals surface area contributed by atoms with Crippen LogP contribution in [0, 0.1) is 17.1 Å². The zero-order valence-electron chi connectivity index (χ0n) is 15.6. The van der Waals surface area contributed by atoms with Crippen molar-refractivity contribution in [3.8, 4) is 11.8 Å². The van der Waals surface area contributed by atoms with Gasteiger partial charge in [-0.15, -0.1) is 0 Å². The van der Waals surface area contributed by atoms with Crippen LogP contribution in [0.2, 0.25) is 0 Å². The Bertz CT molecular complexity index is 842. The van der Waals surface area contributed by atoms with E-state index in [0.717, 1.165) is 36.8 Å². The lowest BCUT2D eigenvalue weighted by Gasteiger charge is -2.34. The molecule has 1 heterocycles. The molecule has 0 saturated carbocycles. The van der Waals surface area contributed by atoms with Crippen LogP contribution in [0.25, 0.3) is 0 Å². The van der Waals surface area contributed by atoms with Crippen LogP contribution in [-0.2, 0) is 4.79 Å². The van der Waals surface area contributed by atoms with Crippen LogP contribution < -0.4 is 14.7 Å². The zero-order chi connectivity index (χ0) is 19.9. The van der Waals surface area contributed by atoms with Gasteiger partial charge in [-0.3, -0.25) is 4.79 Å². The van der Waals surface area contributed by atoms with Crippen LogP contribution >= 0.6 is 0 Å². The van der Waals surface area contributed by atoms with Crippen molar-refractivity contribution in [1.82, 2.24) is 0 Å². The molecule has 0 radical (unpaired) electrons. The minimum Gasteiger partial charge on any atom is -0.506 e. The van der Waals surface area contributed by atoms with Gasteiger partial charge in [-0.25, -0.2) is 4.39 Å². The highest BCUT2D eigenvalue weighted by atomic mass is 19.1. The van der Waals surface area contributed by atoms with Gasteiger partial charge in [0.15, 0.2) is 6.54 Å². The summed E-state index contributed by atoms with van der Waals surface area (Å²) in [6.45, 7) is 3.64. The van der Waals surface area contributed by atoms with Gasteiger partial charge >= 0.3 is 0 Å². The lowest BCUT2D eigenvalue weighted by Crippen LogP contribution is -3.16. The molecule has 0 aliphatic carbocycles. The predicted molar refractivity (Wildman–Crippen MR) is 105 cm³/mol. The summed E-state index contributed by atoms with van der Waals surface area (Å²) in [5, 5.41) is 18.9. The summed E-state index contributed by atoms with van der Waals surface area (Å²) >= 11 is 0. The Morgan fingerprint density at radius 1 is 1.18 bits per heavy atom. The van der Waals surface area contributed by atoms with Crippen molar-refractivity contribution < 1.29 is 19.2 Å². The van der Waals surface area contributed by atoms with Gasteiger partial charge in [0, 0.05) is 12.2 Å². The van der Waals surface area contributed by atoms with E-state index in [1.165, 1.54) is 12.1 Å². The average Bonchev–Trinajstić information content (AvgIpc) is 2.71. The Balaban J connectivity index is 1.60. The third kappa shape index (κ3) is 4.78. The first-order chi connectivity index (χ1) is 13.6. The van der Waals surface area contributed by atoms with Crippen LogP contribution in [0.15, 0.2) is 48.5 Å². The quantitative estimate of drug-likeness (QED) is 0.786. The molecule has 0 unspecified atom stereocenters. The Hall–Kier alpha value is -3.11. The van der Waals surface area contributed by atoms with Crippen LogP contribution in [0.3, 0.4) is 0 Å². The van der Waals surface area contributed by atoms with E-state index in [-0.39, 0.29) is 30.4 Å². The number of hydrogen-bond acceptors (Lipinski definition) is 4. The normalized spacial score (nSPS) is 14.5. The number of nitriles is 1. The van der Waals surface area contributed by atoms with Gasteiger partial charge in [0.1, 0.15) is 11.6 Å². The van der Waals surface area contributed by atoms with Crippen LogP contribution in [0.1, 0.15) is 6.42 Å².